The van der Waals surface area contributed by atoms with Gasteiger partial charge in [-0.15, -0.1) is 0 Å². The Morgan fingerprint density at radius 1 is 1.22 bits per heavy atom. The summed E-state index contributed by atoms with van der Waals surface area (Å²) in [6.45, 7) is 5.69. The Labute approximate surface area is 169 Å². The molecule has 1 aliphatic heterocycles. The lowest BCUT2D eigenvalue weighted by Gasteiger charge is -2.38. The molecule has 0 spiro atoms. The Kier molecular flexibility index (Phi) is 6.97. The molecule has 1 saturated carbocycles. The van der Waals surface area contributed by atoms with Crippen LogP contribution in [0.3, 0.4) is 0 Å². The van der Waals surface area contributed by atoms with Gasteiger partial charge in [-0.1, -0.05) is 12.8 Å². The smallest absolute Gasteiger partial charge is 0.260 e. The van der Waals surface area contributed by atoms with Gasteiger partial charge in [0.25, 0.3) is 5.91 Å². The van der Waals surface area contributed by atoms with Gasteiger partial charge in [0, 0.05) is 38.3 Å². The van der Waals surface area contributed by atoms with Crippen LogP contribution in [-0.2, 0) is 4.79 Å². The fourth-order valence-corrected chi connectivity index (χ4v) is 4.42. The number of rotatable bonds is 6. The molecule has 0 bridgehead atoms. The minimum Gasteiger partial charge on any atom is -0.490 e. The molecule has 1 aromatic carbocycles. The lowest BCUT2D eigenvalue weighted by molar-refractivity contribution is -0.135. The summed E-state index contributed by atoms with van der Waals surface area (Å²) in [7, 11) is 0. The molecular weight excluding hydrogens is 410 g/mol. The first-order chi connectivity index (χ1) is 13.1. The van der Waals surface area contributed by atoms with Gasteiger partial charge in [-0.2, -0.15) is 5.26 Å². The fourth-order valence-electron chi connectivity index (χ4n) is 3.87. The number of nitriles is 1. The molecule has 1 saturated heterocycles. The molecule has 0 unspecified atom stereocenters. The van der Waals surface area contributed by atoms with E-state index in [-0.39, 0.29) is 12.5 Å². The van der Waals surface area contributed by atoms with Crippen molar-refractivity contribution in [3.63, 3.8) is 0 Å². The zero-order valence-electron chi connectivity index (χ0n) is 15.7. The quantitative estimate of drug-likeness (QED) is 0.686. The lowest BCUT2D eigenvalue weighted by atomic mass is 10.2. The Balaban J connectivity index is 1.55. The normalized spacial score (nSPS) is 18.3. The Hall–Kier alpha value is -1.78. The molecule has 6 nitrogen and oxygen atoms in total. The fraction of sp³-hybridized carbons (Fsp3) is 0.600. The summed E-state index contributed by atoms with van der Waals surface area (Å²) >= 11 is 3.41. The molecule has 2 aliphatic rings. The molecule has 0 atom stereocenters. The van der Waals surface area contributed by atoms with Crippen LogP contribution in [0.1, 0.15) is 38.2 Å². The van der Waals surface area contributed by atoms with Crippen molar-refractivity contribution < 1.29 is 14.3 Å². The number of ether oxygens (including phenoxy) is 2. The first-order valence-corrected chi connectivity index (χ1v) is 10.4. The van der Waals surface area contributed by atoms with Gasteiger partial charge in [0.05, 0.1) is 22.7 Å². The molecule has 1 amide bonds. The topological polar surface area (TPSA) is 65.8 Å². The maximum Gasteiger partial charge on any atom is 0.260 e. The van der Waals surface area contributed by atoms with Crippen molar-refractivity contribution in [1.82, 2.24) is 9.80 Å². The highest BCUT2D eigenvalue weighted by Gasteiger charge is 2.28. The molecule has 0 aromatic heterocycles. The molecule has 1 aromatic rings. The Morgan fingerprint density at radius 2 is 1.93 bits per heavy atom. The Morgan fingerprint density at radius 3 is 2.56 bits per heavy atom. The molecule has 146 valence electrons. The van der Waals surface area contributed by atoms with E-state index in [1.165, 1.54) is 25.7 Å². The number of carbonyl (C=O) groups is 1. The van der Waals surface area contributed by atoms with Crippen LogP contribution in [0.4, 0.5) is 0 Å². The predicted molar refractivity (Wildman–Crippen MR) is 106 cm³/mol. The van der Waals surface area contributed by atoms with Crippen LogP contribution in [0.2, 0.25) is 0 Å². The van der Waals surface area contributed by atoms with Gasteiger partial charge < -0.3 is 14.4 Å². The van der Waals surface area contributed by atoms with Crippen LogP contribution >= 0.6 is 15.9 Å². The summed E-state index contributed by atoms with van der Waals surface area (Å²) in [5, 5.41) is 9.10. The first kappa shape index (κ1) is 20.0. The highest BCUT2D eigenvalue weighted by atomic mass is 79.9. The summed E-state index contributed by atoms with van der Waals surface area (Å²) in [4.78, 5) is 17.0. The van der Waals surface area contributed by atoms with Crippen molar-refractivity contribution in [3.05, 3.63) is 22.2 Å². The van der Waals surface area contributed by atoms with Crippen LogP contribution in [0, 0.1) is 11.3 Å². The van der Waals surface area contributed by atoms with Crippen LogP contribution in [0.25, 0.3) is 0 Å². The average molecular weight is 436 g/mol. The zero-order chi connectivity index (χ0) is 19.2. The van der Waals surface area contributed by atoms with Crippen LogP contribution in [-0.4, -0.2) is 61.1 Å². The third-order valence-electron chi connectivity index (χ3n) is 5.29. The van der Waals surface area contributed by atoms with Crippen molar-refractivity contribution in [3.8, 4) is 17.6 Å². The van der Waals surface area contributed by atoms with E-state index in [0.29, 0.717) is 34.2 Å². The second-order valence-corrected chi connectivity index (χ2v) is 7.83. The molecule has 3 rings (SSSR count). The van der Waals surface area contributed by atoms with Crippen LogP contribution in [0.5, 0.6) is 11.5 Å². The van der Waals surface area contributed by atoms with E-state index < -0.39 is 0 Å². The zero-order valence-corrected chi connectivity index (χ0v) is 17.3. The molecular formula is C20H26BrN3O3. The number of piperazine rings is 1. The monoisotopic (exact) mass is 435 g/mol. The average Bonchev–Trinajstić information content (AvgIpc) is 3.22. The van der Waals surface area contributed by atoms with E-state index in [1.807, 2.05) is 11.8 Å². The van der Waals surface area contributed by atoms with Gasteiger partial charge in [-0.25, -0.2) is 0 Å². The van der Waals surface area contributed by atoms with Gasteiger partial charge in [0.1, 0.15) is 0 Å². The SMILES string of the molecule is CCOc1cc(C#N)cc(Br)c1OCC(=O)N1CCN(C2CCCC2)CC1. The van der Waals surface area contributed by atoms with Gasteiger partial charge >= 0.3 is 0 Å². The van der Waals surface area contributed by atoms with Crippen LogP contribution in [0.15, 0.2) is 16.6 Å². The highest BCUT2D eigenvalue weighted by Crippen LogP contribution is 2.36. The van der Waals surface area contributed by atoms with Gasteiger partial charge in [0.2, 0.25) is 0 Å². The third-order valence-corrected chi connectivity index (χ3v) is 5.88. The molecule has 2 fully saturated rings. The summed E-state index contributed by atoms with van der Waals surface area (Å²) in [5.74, 6) is 0.927. The highest BCUT2D eigenvalue weighted by molar-refractivity contribution is 9.10. The van der Waals surface area contributed by atoms with E-state index in [0.717, 1.165) is 26.2 Å². The summed E-state index contributed by atoms with van der Waals surface area (Å²) < 4.78 is 12.0. The second-order valence-electron chi connectivity index (χ2n) is 6.97. The van der Waals surface area contributed by atoms with Crippen LogP contribution < -0.4 is 9.47 Å². The van der Waals surface area contributed by atoms with Crippen molar-refractivity contribution in [2.24, 2.45) is 0 Å². The maximum absolute atomic E-state index is 12.6. The predicted octanol–water partition coefficient (Wildman–Crippen LogP) is 3.19. The summed E-state index contributed by atoms with van der Waals surface area (Å²) in [5.41, 5.74) is 0.479. The third kappa shape index (κ3) is 4.94. The Bertz CT molecular complexity index is 705. The van der Waals surface area contributed by atoms with E-state index in [2.05, 4.69) is 26.9 Å². The van der Waals surface area contributed by atoms with Crippen molar-refractivity contribution in [2.75, 3.05) is 39.4 Å². The van der Waals surface area contributed by atoms with E-state index in [4.69, 9.17) is 14.7 Å². The number of amides is 1. The first-order valence-electron chi connectivity index (χ1n) is 9.63. The largest absolute Gasteiger partial charge is 0.490 e. The van der Waals surface area contributed by atoms with Gasteiger partial charge in [-0.05, 0) is 41.8 Å². The summed E-state index contributed by atoms with van der Waals surface area (Å²) in [6.07, 6.45) is 5.26. The molecule has 0 N–H and O–H groups in total. The van der Waals surface area contributed by atoms with Crippen molar-refractivity contribution >= 4 is 21.8 Å². The molecule has 0 radical (unpaired) electrons. The van der Waals surface area contributed by atoms with Gasteiger partial charge in [0.15, 0.2) is 18.1 Å². The van der Waals surface area contributed by atoms with E-state index in [1.54, 1.807) is 12.1 Å². The molecule has 1 heterocycles. The number of hydrogen-bond acceptors (Lipinski definition) is 5. The summed E-state index contributed by atoms with van der Waals surface area (Å²) in [6, 6.07) is 6.10. The number of hydrogen-bond donors (Lipinski definition) is 0. The minimum absolute atomic E-state index is 0.0141. The minimum atomic E-state index is -0.0337. The lowest BCUT2D eigenvalue weighted by Crippen LogP contribution is -2.52. The van der Waals surface area contributed by atoms with Gasteiger partial charge in [-0.3, -0.25) is 9.69 Å². The molecule has 1 aliphatic carbocycles. The number of halogens is 1. The van der Waals surface area contributed by atoms with Crippen molar-refractivity contribution in [2.45, 2.75) is 38.6 Å². The number of carbonyl (C=O) groups excluding carboxylic acids is 1. The maximum atomic E-state index is 12.6. The van der Waals surface area contributed by atoms with E-state index in [9.17, 15) is 4.79 Å². The van der Waals surface area contributed by atoms with Crippen molar-refractivity contribution in [1.29, 1.82) is 5.26 Å². The number of nitrogens with zero attached hydrogens (tertiary/aromatic N) is 3. The molecule has 27 heavy (non-hydrogen) atoms. The standard InChI is InChI=1S/C20H26BrN3O3/c1-2-26-18-12-15(13-22)11-17(21)20(18)27-14-19(25)24-9-7-23(8-10-24)16-5-3-4-6-16/h11-12,16H,2-10,14H2,1H3. The molecule has 7 heteroatoms. The second kappa shape index (κ2) is 9.43. The van der Waals surface area contributed by atoms with E-state index >= 15 is 0 Å². The number of benzene rings is 1.